The van der Waals surface area contributed by atoms with Gasteiger partial charge in [-0.2, -0.15) is 0 Å². The highest BCUT2D eigenvalue weighted by atomic mass is 32.2. The van der Waals surface area contributed by atoms with E-state index in [2.05, 4.69) is 41.0 Å². The van der Waals surface area contributed by atoms with E-state index in [9.17, 15) is 4.79 Å². The summed E-state index contributed by atoms with van der Waals surface area (Å²) in [6.07, 6.45) is 8.11. The van der Waals surface area contributed by atoms with Crippen LogP contribution in [0.25, 0.3) is 0 Å². The predicted octanol–water partition coefficient (Wildman–Crippen LogP) is 3.64. The van der Waals surface area contributed by atoms with Crippen molar-refractivity contribution < 1.29 is 9.32 Å². The van der Waals surface area contributed by atoms with E-state index < -0.39 is 0 Å². The van der Waals surface area contributed by atoms with Gasteiger partial charge in [0.1, 0.15) is 5.76 Å². The van der Waals surface area contributed by atoms with Gasteiger partial charge in [-0.25, -0.2) is 0 Å². The first-order chi connectivity index (χ1) is 11.3. The molecule has 1 amide bonds. The van der Waals surface area contributed by atoms with Crippen LogP contribution in [0.5, 0.6) is 0 Å². The molecule has 5 heteroatoms. The van der Waals surface area contributed by atoms with E-state index in [-0.39, 0.29) is 5.91 Å². The van der Waals surface area contributed by atoms with Crippen LogP contribution in [-0.4, -0.2) is 23.9 Å². The summed E-state index contributed by atoms with van der Waals surface area (Å²) in [5, 5.41) is 6.96. The van der Waals surface area contributed by atoms with E-state index in [4.69, 9.17) is 4.52 Å². The lowest BCUT2D eigenvalue weighted by atomic mass is 10.1. The van der Waals surface area contributed by atoms with Crippen molar-refractivity contribution in [3.63, 3.8) is 0 Å². The molecule has 1 aliphatic rings. The summed E-state index contributed by atoms with van der Waals surface area (Å²) in [7, 11) is 0. The zero-order valence-electron chi connectivity index (χ0n) is 13.4. The number of hydrogen-bond acceptors (Lipinski definition) is 4. The molecule has 0 saturated carbocycles. The SMILES string of the molecule is CSc1ccc(CCNC(=O)c2noc3c2CCCCC3)cc1. The third kappa shape index (κ3) is 3.96. The average Bonchev–Trinajstić information content (AvgIpc) is 2.84. The molecule has 0 fully saturated rings. The Labute approximate surface area is 141 Å². The number of rotatable bonds is 5. The molecule has 0 aliphatic heterocycles. The van der Waals surface area contributed by atoms with Gasteiger partial charge in [-0.3, -0.25) is 4.79 Å². The summed E-state index contributed by atoms with van der Waals surface area (Å²) in [6.45, 7) is 0.610. The Kier molecular flexibility index (Phi) is 5.39. The first-order valence-corrected chi connectivity index (χ1v) is 9.39. The molecule has 23 heavy (non-hydrogen) atoms. The number of carbonyl (C=O) groups excluding carboxylic acids is 1. The molecule has 1 N–H and O–H groups in total. The molecule has 0 unspecified atom stereocenters. The van der Waals surface area contributed by atoms with Crippen LogP contribution in [0, 0.1) is 0 Å². The monoisotopic (exact) mass is 330 g/mol. The van der Waals surface area contributed by atoms with Gasteiger partial charge >= 0.3 is 0 Å². The molecule has 0 saturated heterocycles. The minimum absolute atomic E-state index is 0.113. The molecule has 4 nitrogen and oxygen atoms in total. The molecule has 1 aliphatic carbocycles. The van der Waals surface area contributed by atoms with Crippen LogP contribution in [0.2, 0.25) is 0 Å². The Morgan fingerprint density at radius 2 is 2.00 bits per heavy atom. The molecule has 0 atom stereocenters. The number of nitrogens with zero attached hydrogens (tertiary/aromatic N) is 1. The number of fused-ring (bicyclic) bond motifs is 1. The van der Waals surface area contributed by atoms with Crippen LogP contribution >= 0.6 is 11.8 Å². The number of nitrogens with one attached hydrogen (secondary N) is 1. The summed E-state index contributed by atoms with van der Waals surface area (Å²) in [4.78, 5) is 13.6. The lowest BCUT2D eigenvalue weighted by Crippen LogP contribution is -2.27. The molecular weight excluding hydrogens is 308 g/mol. The quantitative estimate of drug-likeness (QED) is 0.672. The summed E-state index contributed by atoms with van der Waals surface area (Å²) in [5.41, 5.74) is 2.73. The Morgan fingerprint density at radius 1 is 1.22 bits per heavy atom. The second-order valence-electron chi connectivity index (χ2n) is 5.85. The summed E-state index contributed by atoms with van der Waals surface area (Å²) < 4.78 is 5.37. The van der Waals surface area contributed by atoms with Gasteiger partial charge in [0, 0.05) is 23.4 Å². The van der Waals surface area contributed by atoms with Crippen molar-refractivity contribution in [3.05, 3.63) is 46.8 Å². The van der Waals surface area contributed by atoms with Gasteiger partial charge in [-0.05, 0) is 49.6 Å². The fraction of sp³-hybridized carbons (Fsp3) is 0.444. The van der Waals surface area contributed by atoms with Crippen molar-refractivity contribution in [3.8, 4) is 0 Å². The normalized spacial score (nSPS) is 14.1. The Morgan fingerprint density at radius 3 is 2.78 bits per heavy atom. The molecular formula is C18H22N2O2S. The van der Waals surface area contributed by atoms with Gasteiger partial charge in [-0.15, -0.1) is 11.8 Å². The van der Waals surface area contributed by atoms with Crippen molar-refractivity contribution in [2.24, 2.45) is 0 Å². The molecule has 1 aromatic carbocycles. The van der Waals surface area contributed by atoms with Gasteiger partial charge in [0.2, 0.25) is 0 Å². The maximum Gasteiger partial charge on any atom is 0.273 e. The van der Waals surface area contributed by atoms with Gasteiger partial charge < -0.3 is 9.84 Å². The minimum atomic E-state index is -0.113. The van der Waals surface area contributed by atoms with Gasteiger partial charge in [0.25, 0.3) is 5.91 Å². The highest BCUT2D eigenvalue weighted by molar-refractivity contribution is 7.98. The number of benzene rings is 1. The Bertz CT molecular complexity index is 664. The van der Waals surface area contributed by atoms with E-state index in [0.717, 1.165) is 43.4 Å². The predicted molar refractivity (Wildman–Crippen MR) is 92.0 cm³/mol. The van der Waals surface area contributed by atoms with Crippen molar-refractivity contribution in [2.45, 2.75) is 43.4 Å². The second kappa shape index (κ2) is 7.68. The van der Waals surface area contributed by atoms with E-state index in [1.54, 1.807) is 11.8 Å². The Balaban J connectivity index is 1.56. The zero-order chi connectivity index (χ0) is 16.1. The maximum absolute atomic E-state index is 12.3. The van der Waals surface area contributed by atoms with Crippen LogP contribution in [0.15, 0.2) is 33.7 Å². The van der Waals surface area contributed by atoms with Crippen LogP contribution in [0.1, 0.15) is 46.6 Å². The maximum atomic E-state index is 12.3. The number of carbonyl (C=O) groups is 1. The van der Waals surface area contributed by atoms with Crippen LogP contribution < -0.4 is 5.32 Å². The average molecular weight is 330 g/mol. The highest BCUT2D eigenvalue weighted by Crippen LogP contribution is 2.23. The second-order valence-corrected chi connectivity index (χ2v) is 6.73. The first-order valence-electron chi connectivity index (χ1n) is 8.16. The highest BCUT2D eigenvalue weighted by Gasteiger charge is 2.22. The third-order valence-electron chi connectivity index (χ3n) is 4.27. The molecule has 0 bridgehead atoms. The molecule has 0 radical (unpaired) electrons. The van der Waals surface area contributed by atoms with Gasteiger partial charge in [0.05, 0.1) is 0 Å². The van der Waals surface area contributed by atoms with E-state index in [1.165, 1.54) is 16.9 Å². The lowest BCUT2D eigenvalue weighted by Gasteiger charge is -2.05. The number of thioether (sulfide) groups is 1. The van der Waals surface area contributed by atoms with E-state index in [0.29, 0.717) is 12.2 Å². The van der Waals surface area contributed by atoms with Crippen molar-refractivity contribution in [1.82, 2.24) is 10.5 Å². The minimum Gasteiger partial charge on any atom is -0.360 e. The molecule has 122 valence electrons. The van der Waals surface area contributed by atoms with E-state index >= 15 is 0 Å². The van der Waals surface area contributed by atoms with Crippen molar-refractivity contribution in [2.75, 3.05) is 12.8 Å². The number of hydrogen-bond donors (Lipinski definition) is 1. The molecule has 1 aromatic heterocycles. The number of aryl methyl sites for hydroxylation is 1. The first kappa shape index (κ1) is 16.1. The van der Waals surface area contributed by atoms with Crippen molar-refractivity contribution in [1.29, 1.82) is 0 Å². The summed E-state index contributed by atoms with van der Waals surface area (Å²) >= 11 is 1.73. The van der Waals surface area contributed by atoms with Crippen LogP contribution in [0.4, 0.5) is 0 Å². The Hall–Kier alpha value is -1.75. The third-order valence-corrected chi connectivity index (χ3v) is 5.02. The largest absolute Gasteiger partial charge is 0.360 e. The van der Waals surface area contributed by atoms with Crippen molar-refractivity contribution >= 4 is 17.7 Å². The molecule has 2 aromatic rings. The number of amides is 1. The fourth-order valence-electron chi connectivity index (χ4n) is 2.94. The zero-order valence-corrected chi connectivity index (χ0v) is 14.2. The van der Waals surface area contributed by atoms with E-state index in [1.807, 2.05) is 0 Å². The molecule has 0 spiro atoms. The van der Waals surface area contributed by atoms with Gasteiger partial charge in [0.15, 0.2) is 5.69 Å². The molecule has 3 rings (SSSR count). The van der Waals surface area contributed by atoms with Crippen LogP contribution in [-0.2, 0) is 19.3 Å². The molecule has 1 heterocycles. The van der Waals surface area contributed by atoms with Crippen LogP contribution in [0.3, 0.4) is 0 Å². The fourth-order valence-corrected chi connectivity index (χ4v) is 3.34. The number of aromatic nitrogens is 1. The lowest BCUT2D eigenvalue weighted by molar-refractivity contribution is 0.0944. The van der Waals surface area contributed by atoms with Gasteiger partial charge in [-0.1, -0.05) is 23.7 Å². The topological polar surface area (TPSA) is 55.1 Å². The summed E-state index contributed by atoms with van der Waals surface area (Å²) in [5.74, 6) is 0.790. The summed E-state index contributed by atoms with van der Waals surface area (Å²) in [6, 6.07) is 8.44. The standard InChI is InChI=1S/C18H22N2O2S/c1-23-14-9-7-13(8-10-14)11-12-19-18(21)17-15-5-3-2-4-6-16(15)22-20-17/h7-10H,2-6,11-12H2,1H3,(H,19,21). The smallest absolute Gasteiger partial charge is 0.273 e.